The van der Waals surface area contributed by atoms with Gasteiger partial charge < -0.3 is 5.32 Å². The number of hydrogen-bond donors (Lipinski definition) is 1. The fourth-order valence-corrected chi connectivity index (χ4v) is 1.05. The van der Waals surface area contributed by atoms with Crippen LogP contribution < -0.4 is 5.32 Å². The molecule has 0 aliphatic heterocycles. The van der Waals surface area contributed by atoms with E-state index in [2.05, 4.69) is 5.32 Å². The van der Waals surface area contributed by atoms with Crippen molar-refractivity contribution >= 4 is 17.5 Å². The lowest BCUT2D eigenvalue weighted by Gasteiger charge is -2.04. The summed E-state index contributed by atoms with van der Waals surface area (Å²) in [6.45, 7) is 0.124. The minimum Gasteiger partial charge on any atom is -0.351 e. The number of carbonyl (C=O) groups is 1. The van der Waals surface area contributed by atoms with Gasteiger partial charge in [-0.05, 0) is 12.1 Å². The Labute approximate surface area is 89.0 Å². The molecule has 82 valence electrons. The molecule has 1 aromatic carbocycles. The molecule has 0 bridgehead atoms. The van der Waals surface area contributed by atoms with Crippen LogP contribution in [0.3, 0.4) is 0 Å². The lowest BCUT2D eigenvalue weighted by atomic mass is 10.2. The summed E-state index contributed by atoms with van der Waals surface area (Å²) >= 11 is 5.29. The van der Waals surface area contributed by atoms with Crippen LogP contribution >= 0.6 is 11.6 Å². The SMILES string of the molecule is O=C(NCCCl)c1ccc(F)c(F)c1F. The average Bonchev–Trinajstić information content (AvgIpc) is 2.23. The summed E-state index contributed by atoms with van der Waals surface area (Å²) in [4.78, 5) is 11.2. The largest absolute Gasteiger partial charge is 0.351 e. The lowest BCUT2D eigenvalue weighted by Crippen LogP contribution is -2.26. The van der Waals surface area contributed by atoms with Crippen molar-refractivity contribution in [2.24, 2.45) is 0 Å². The van der Waals surface area contributed by atoms with Crippen molar-refractivity contribution in [3.63, 3.8) is 0 Å². The van der Waals surface area contributed by atoms with Gasteiger partial charge in [0.15, 0.2) is 17.5 Å². The highest BCUT2D eigenvalue weighted by molar-refractivity contribution is 6.18. The van der Waals surface area contributed by atoms with Gasteiger partial charge in [0.25, 0.3) is 5.91 Å². The fraction of sp³-hybridized carbons (Fsp3) is 0.222. The van der Waals surface area contributed by atoms with Gasteiger partial charge in [0.1, 0.15) is 0 Å². The smallest absolute Gasteiger partial charge is 0.254 e. The van der Waals surface area contributed by atoms with Crippen molar-refractivity contribution in [3.05, 3.63) is 35.1 Å². The van der Waals surface area contributed by atoms with Gasteiger partial charge in [-0.15, -0.1) is 11.6 Å². The zero-order valence-electron chi connectivity index (χ0n) is 7.49. The van der Waals surface area contributed by atoms with E-state index < -0.39 is 28.9 Å². The van der Waals surface area contributed by atoms with Gasteiger partial charge in [0, 0.05) is 12.4 Å². The zero-order chi connectivity index (χ0) is 11.4. The van der Waals surface area contributed by atoms with Crippen molar-refractivity contribution in [2.75, 3.05) is 12.4 Å². The molecule has 1 amide bonds. The second-order valence-electron chi connectivity index (χ2n) is 2.67. The first-order valence-electron chi connectivity index (χ1n) is 4.05. The molecular weight excluding hydrogens is 231 g/mol. The summed E-state index contributed by atoms with van der Waals surface area (Å²) in [7, 11) is 0. The van der Waals surface area contributed by atoms with E-state index in [0.717, 1.165) is 6.07 Å². The van der Waals surface area contributed by atoms with Crippen LogP contribution in [0.25, 0.3) is 0 Å². The van der Waals surface area contributed by atoms with Crippen molar-refractivity contribution in [3.8, 4) is 0 Å². The molecule has 0 radical (unpaired) electrons. The van der Waals surface area contributed by atoms with E-state index in [1.54, 1.807) is 0 Å². The predicted octanol–water partition coefficient (Wildman–Crippen LogP) is 2.07. The summed E-state index contributed by atoms with van der Waals surface area (Å²) in [5.41, 5.74) is -0.543. The van der Waals surface area contributed by atoms with E-state index >= 15 is 0 Å². The second-order valence-corrected chi connectivity index (χ2v) is 3.05. The lowest BCUT2D eigenvalue weighted by molar-refractivity contribution is 0.0950. The molecule has 2 nitrogen and oxygen atoms in total. The maximum absolute atomic E-state index is 13.0. The fourth-order valence-electron chi connectivity index (χ4n) is 0.957. The van der Waals surface area contributed by atoms with Gasteiger partial charge in [-0.2, -0.15) is 0 Å². The Morgan fingerprint density at radius 3 is 2.53 bits per heavy atom. The molecule has 0 unspecified atom stereocenters. The number of carbonyl (C=O) groups excluding carboxylic acids is 1. The highest BCUT2D eigenvalue weighted by Crippen LogP contribution is 2.14. The molecule has 0 spiro atoms. The molecule has 0 aliphatic rings. The molecule has 0 saturated carbocycles. The van der Waals surface area contributed by atoms with Gasteiger partial charge >= 0.3 is 0 Å². The summed E-state index contributed by atoms with van der Waals surface area (Å²) in [5.74, 6) is -5.17. The van der Waals surface area contributed by atoms with Crippen LogP contribution in [0.4, 0.5) is 13.2 Å². The molecule has 15 heavy (non-hydrogen) atoms. The maximum Gasteiger partial charge on any atom is 0.254 e. The van der Waals surface area contributed by atoms with Crippen molar-refractivity contribution < 1.29 is 18.0 Å². The first kappa shape index (κ1) is 11.8. The van der Waals surface area contributed by atoms with E-state index in [9.17, 15) is 18.0 Å². The van der Waals surface area contributed by atoms with Crippen LogP contribution in [-0.4, -0.2) is 18.3 Å². The number of halogens is 4. The second kappa shape index (κ2) is 5.02. The van der Waals surface area contributed by atoms with Crippen molar-refractivity contribution in [1.29, 1.82) is 0 Å². The van der Waals surface area contributed by atoms with Crippen LogP contribution in [0, 0.1) is 17.5 Å². The zero-order valence-corrected chi connectivity index (χ0v) is 8.24. The van der Waals surface area contributed by atoms with Gasteiger partial charge in [0.2, 0.25) is 0 Å². The molecule has 0 aromatic heterocycles. The van der Waals surface area contributed by atoms with E-state index in [1.165, 1.54) is 0 Å². The monoisotopic (exact) mass is 237 g/mol. The van der Waals surface area contributed by atoms with Gasteiger partial charge in [0.05, 0.1) is 5.56 Å². The Hall–Kier alpha value is -1.23. The Morgan fingerprint density at radius 1 is 1.27 bits per heavy atom. The van der Waals surface area contributed by atoms with Crippen LogP contribution in [0.2, 0.25) is 0 Å². The Balaban J connectivity index is 2.95. The van der Waals surface area contributed by atoms with E-state index in [-0.39, 0.29) is 12.4 Å². The number of nitrogens with one attached hydrogen (secondary N) is 1. The topological polar surface area (TPSA) is 29.1 Å². The average molecular weight is 238 g/mol. The molecular formula is C9H7ClF3NO. The van der Waals surface area contributed by atoms with Crippen LogP contribution in [-0.2, 0) is 0 Å². The number of hydrogen-bond acceptors (Lipinski definition) is 1. The van der Waals surface area contributed by atoms with Crippen molar-refractivity contribution in [1.82, 2.24) is 5.32 Å². The Kier molecular flexibility index (Phi) is 3.96. The molecule has 1 aromatic rings. The first-order chi connectivity index (χ1) is 7.07. The number of alkyl halides is 1. The van der Waals surface area contributed by atoms with Gasteiger partial charge in [-0.1, -0.05) is 0 Å². The standard InChI is InChI=1S/C9H7ClF3NO/c10-3-4-14-9(15)5-1-2-6(11)8(13)7(5)12/h1-2H,3-4H2,(H,14,15). The van der Waals surface area contributed by atoms with Crippen LogP contribution in [0.1, 0.15) is 10.4 Å². The number of rotatable bonds is 3. The van der Waals surface area contributed by atoms with Crippen LogP contribution in [0.15, 0.2) is 12.1 Å². The summed E-state index contributed by atoms with van der Waals surface area (Å²) in [6, 6.07) is 1.56. The number of benzene rings is 1. The predicted molar refractivity (Wildman–Crippen MR) is 49.4 cm³/mol. The first-order valence-corrected chi connectivity index (χ1v) is 4.59. The third-order valence-electron chi connectivity index (χ3n) is 1.66. The Morgan fingerprint density at radius 2 is 1.93 bits per heavy atom. The van der Waals surface area contributed by atoms with Gasteiger partial charge in [-0.3, -0.25) is 4.79 Å². The molecule has 0 atom stereocenters. The van der Waals surface area contributed by atoms with E-state index in [0.29, 0.717) is 6.07 Å². The van der Waals surface area contributed by atoms with Gasteiger partial charge in [-0.25, -0.2) is 13.2 Å². The molecule has 0 heterocycles. The number of amides is 1. The minimum atomic E-state index is -1.66. The molecule has 0 fully saturated rings. The molecule has 1 N–H and O–H groups in total. The van der Waals surface area contributed by atoms with E-state index in [1.807, 2.05) is 0 Å². The summed E-state index contributed by atoms with van der Waals surface area (Å²) < 4.78 is 38.3. The third kappa shape index (κ3) is 2.62. The summed E-state index contributed by atoms with van der Waals surface area (Å²) in [6.07, 6.45) is 0. The Bertz CT molecular complexity index is 384. The highest BCUT2D eigenvalue weighted by Gasteiger charge is 2.17. The molecule has 6 heteroatoms. The molecule has 1 rings (SSSR count). The van der Waals surface area contributed by atoms with E-state index in [4.69, 9.17) is 11.6 Å². The van der Waals surface area contributed by atoms with Crippen LogP contribution in [0.5, 0.6) is 0 Å². The third-order valence-corrected chi connectivity index (χ3v) is 1.85. The normalized spacial score (nSPS) is 10.1. The maximum atomic E-state index is 13.0. The quantitative estimate of drug-likeness (QED) is 0.633. The highest BCUT2D eigenvalue weighted by atomic mass is 35.5. The van der Waals surface area contributed by atoms with Crippen molar-refractivity contribution in [2.45, 2.75) is 0 Å². The molecule has 0 aliphatic carbocycles. The minimum absolute atomic E-state index is 0.124. The summed E-state index contributed by atoms with van der Waals surface area (Å²) in [5, 5.41) is 2.24. The molecule has 0 saturated heterocycles.